The Balaban J connectivity index is 1.80. The normalized spacial score (nSPS) is 15.1. The van der Waals surface area contributed by atoms with Crippen molar-refractivity contribution in [3.63, 3.8) is 0 Å². The van der Waals surface area contributed by atoms with Gasteiger partial charge in [-0.3, -0.25) is 9.36 Å². The SMILES string of the molecule is CCOC(=O)C1=C(c2ccccc2)N=c2s/c(=C\c3cc(I)c(OC)c(I)c3)c(=O)n2[C@H]1c1ccc(C(C)C)cc1. The van der Waals surface area contributed by atoms with Crippen LogP contribution in [-0.4, -0.2) is 24.3 Å². The van der Waals surface area contributed by atoms with Gasteiger partial charge in [-0.2, -0.15) is 0 Å². The molecular formula is C32H28I2N2O4S. The molecule has 1 atom stereocenters. The molecule has 6 nitrogen and oxygen atoms in total. The number of benzene rings is 3. The highest BCUT2D eigenvalue weighted by molar-refractivity contribution is 14.1. The van der Waals surface area contributed by atoms with Crippen LogP contribution in [0.3, 0.4) is 0 Å². The van der Waals surface area contributed by atoms with Crippen molar-refractivity contribution in [3.8, 4) is 5.75 Å². The first-order chi connectivity index (χ1) is 19.7. The van der Waals surface area contributed by atoms with E-state index in [1.165, 1.54) is 16.9 Å². The highest BCUT2D eigenvalue weighted by atomic mass is 127. The molecule has 0 aliphatic carbocycles. The number of carbonyl (C=O) groups excluding carboxylic acids is 1. The minimum absolute atomic E-state index is 0.207. The number of rotatable bonds is 7. The van der Waals surface area contributed by atoms with Crippen LogP contribution in [0, 0.1) is 7.14 Å². The maximum atomic E-state index is 14.1. The number of halogens is 2. The highest BCUT2D eigenvalue weighted by Crippen LogP contribution is 2.36. The lowest BCUT2D eigenvalue weighted by molar-refractivity contribution is -0.138. The lowest BCUT2D eigenvalue weighted by atomic mass is 9.91. The molecule has 2 heterocycles. The second kappa shape index (κ2) is 12.6. The Labute approximate surface area is 269 Å². The monoisotopic (exact) mass is 790 g/mol. The number of fused-ring (bicyclic) bond motifs is 1. The van der Waals surface area contributed by atoms with Crippen molar-refractivity contribution in [1.82, 2.24) is 4.57 Å². The average Bonchev–Trinajstić information content (AvgIpc) is 3.26. The fraction of sp³-hybridized carbons (Fsp3) is 0.219. The second-order valence-electron chi connectivity index (χ2n) is 9.77. The molecule has 5 rings (SSSR count). The molecule has 1 aromatic heterocycles. The smallest absolute Gasteiger partial charge is 0.338 e. The van der Waals surface area contributed by atoms with E-state index in [9.17, 15) is 9.59 Å². The summed E-state index contributed by atoms with van der Waals surface area (Å²) in [6.07, 6.45) is 1.88. The molecule has 0 N–H and O–H groups in total. The topological polar surface area (TPSA) is 69.9 Å². The van der Waals surface area contributed by atoms with Gasteiger partial charge in [0.25, 0.3) is 5.56 Å². The Morgan fingerprint density at radius 2 is 1.73 bits per heavy atom. The molecule has 41 heavy (non-hydrogen) atoms. The largest absolute Gasteiger partial charge is 0.495 e. The first-order valence-corrected chi connectivity index (χ1v) is 16.1. The van der Waals surface area contributed by atoms with Crippen LogP contribution in [0.1, 0.15) is 55.0 Å². The van der Waals surface area contributed by atoms with Crippen LogP contribution in [0.25, 0.3) is 11.8 Å². The van der Waals surface area contributed by atoms with E-state index < -0.39 is 12.0 Å². The van der Waals surface area contributed by atoms with Gasteiger partial charge in [-0.05, 0) is 92.9 Å². The van der Waals surface area contributed by atoms with E-state index >= 15 is 0 Å². The zero-order valence-corrected chi connectivity index (χ0v) is 28.1. The summed E-state index contributed by atoms with van der Waals surface area (Å²) in [4.78, 5) is 33.2. The second-order valence-corrected chi connectivity index (χ2v) is 13.1. The number of carbonyl (C=O) groups is 1. The van der Waals surface area contributed by atoms with Gasteiger partial charge >= 0.3 is 5.97 Å². The number of esters is 1. The fourth-order valence-corrected chi connectivity index (χ4v) is 8.09. The molecule has 210 valence electrons. The summed E-state index contributed by atoms with van der Waals surface area (Å²) >= 11 is 5.79. The summed E-state index contributed by atoms with van der Waals surface area (Å²) in [6, 6.07) is 21.0. The number of aromatic nitrogens is 1. The van der Waals surface area contributed by atoms with Gasteiger partial charge in [0.05, 0.1) is 42.7 Å². The molecule has 0 amide bonds. The fourth-order valence-electron chi connectivity index (χ4n) is 4.83. The summed E-state index contributed by atoms with van der Waals surface area (Å²) in [5, 5.41) is 0. The van der Waals surface area contributed by atoms with E-state index in [0.717, 1.165) is 29.6 Å². The molecule has 3 aromatic carbocycles. The third-order valence-electron chi connectivity index (χ3n) is 6.82. The van der Waals surface area contributed by atoms with Gasteiger partial charge < -0.3 is 9.47 Å². The van der Waals surface area contributed by atoms with E-state index in [0.29, 0.717) is 26.5 Å². The highest BCUT2D eigenvalue weighted by Gasteiger charge is 2.35. The van der Waals surface area contributed by atoms with Gasteiger partial charge in [0, 0.05) is 5.56 Å². The molecule has 4 aromatic rings. The van der Waals surface area contributed by atoms with Gasteiger partial charge in [-0.1, -0.05) is 79.8 Å². The molecule has 0 bridgehead atoms. The summed E-state index contributed by atoms with van der Waals surface area (Å²) in [5.74, 6) is 0.670. The molecule has 1 aliphatic heterocycles. The molecule has 0 spiro atoms. The quantitative estimate of drug-likeness (QED) is 0.164. The Bertz CT molecular complexity index is 1800. The molecule has 0 saturated heterocycles. The molecule has 0 fully saturated rings. The maximum Gasteiger partial charge on any atom is 0.338 e. The van der Waals surface area contributed by atoms with Gasteiger partial charge in [-0.15, -0.1) is 0 Å². The Morgan fingerprint density at radius 1 is 1.07 bits per heavy atom. The van der Waals surface area contributed by atoms with E-state index in [1.807, 2.05) is 60.7 Å². The summed E-state index contributed by atoms with van der Waals surface area (Å²) in [7, 11) is 1.65. The predicted molar refractivity (Wildman–Crippen MR) is 180 cm³/mol. The minimum atomic E-state index is -0.694. The Morgan fingerprint density at radius 3 is 2.32 bits per heavy atom. The van der Waals surface area contributed by atoms with Crippen molar-refractivity contribution in [2.45, 2.75) is 32.7 Å². The number of methoxy groups -OCH3 is 1. The van der Waals surface area contributed by atoms with Crippen molar-refractivity contribution >= 4 is 74.3 Å². The first-order valence-electron chi connectivity index (χ1n) is 13.1. The van der Waals surface area contributed by atoms with E-state index in [4.69, 9.17) is 14.5 Å². The minimum Gasteiger partial charge on any atom is -0.495 e. The van der Waals surface area contributed by atoms with Crippen LogP contribution < -0.4 is 19.6 Å². The van der Waals surface area contributed by atoms with E-state index in [2.05, 4.69) is 71.2 Å². The maximum absolute atomic E-state index is 14.1. The van der Waals surface area contributed by atoms with Crippen molar-refractivity contribution < 1.29 is 14.3 Å². The van der Waals surface area contributed by atoms with E-state index in [1.54, 1.807) is 18.6 Å². The summed E-state index contributed by atoms with van der Waals surface area (Å²) in [6.45, 7) is 6.26. The average molecular weight is 790 g/mol. The number of hydrogen-bond acceptors (Lipinski definition) is 6. The van der Waals surface area contributed by atoms with Gasteiger partial charge in [0.1, 0.15) is 5.75 Å². The Hall–Kier alpha value is -2.77. The van der Waals surface area contributed by atoms with Gasteiger partial charge in [-0.25, -0.2) is 9.79 Å². The standard InChI is InChI=1S/C32H28I2N2O4S/c1-5-40-31(38)26-27(21-9-7-6-8-10-21)35-32-36(28(26)22-13-11-20(12-14-22)18(2)3)30(37)25(41-32)17-19-15-23(33)29(39-4)24(34)16-19/h6-18,28H,5H2,1-4H3/b25-17-/t28-/m0/s1. The van der Waals surface area contributed by atoms with E-state index in [-0.39, 0.29) is 12.2 Å². The summed E-state index contributed by atoms with van der Waals surface area (Å²) < 4.78 is 15.1. The number of ether oxygens (including phenoxy) is 2. The molecule has 0 unspecified atom stereocenters. The van der Waals surface area contributed by atoms with Crippen LogP contribution in [0.4, 0.5) is 0 Å². The van der Waals surface area contributed by atoms with Crippen LogP contribution in [0.15, 0.2) is 82.1 Å². The predicted octanol–water partition coefficient (Wildman–Crippen LogP) is 6.28. The molecule has 0 saturated carbocycles. The number of hydrogen-bond donors (Lipinski definition) is 0. The Kier molecular flexibility index (Phi) is 9.15. The van der Waals surface area contributed by atoms with Crippen LogP contribution in [-0.2, 0) is 9.53 Å². The van der Waals surface area contributed by atoms with Crippen molar-refractivity contribution in [2.24, 2.45) is 4.99 Å². The van der Waals surface area contributed by atoms with Crippen molar-refractivity contribution in [2.75, 3.05) is 13.7 Å². The lowest BCUT2D eigenvalue weighted by Gasteiger charge is -2.26. The van der Waals surface area contributed by atoms with Crippen molar-refractivity contribution in [3.05, 3.63) is 121 Å². The zero-order valence-electron chi connectivity index (χ0n) is 23.0. The molecular weight excluding hydrogens is 762 g/mol. The van der Waals surface area contributed by atoms with Crippen LogP contribution in [0.2, 0.25) is 0 Å². The zero-order chi connectivity index (χ0) is 29.3. The first kappa shape index (κ1) is 29.7. The third-order valence-corrected chi connectivity index (χ3v) is 9.40. The van der Waals surface area contributed by atoms with Crippen LogP contribution >= 0.6 is 56.5 Å². The van der Waals surface area contributed by atoms with Gasteiger partial charge in [0.2, 0.25) is 0 Å². The molecule has 9 heteroatoms. The molecule has 0 radical (unpaired) electrons. The summed E-state index contributed by atoms with van der Waals surface area (Å²) in [5.41, 5.74) is 4.33. The lowest BCUT2D eigenvalue weighted by Crippen LogP contribution is -2.40. The van der Waals surface area contributed by atoms with Gasteiger partial charge in [0.15, 0.2) is 4.80 Å². The number of nitrogens with zero attached hydrogens (tertiary/aromatic N) is 2. The molecule has 1 aliphatic rings. The third kappa shape index (κ3) is 5.94. The van der Waals surface area contributed by atoms with Crippen molar-refractivity contribution in [1.29, 1.82) is 0 Å². The number of thiazole rings is 1. The van der Waals surface area contributed by atoms with Crippen LogP contribution in [0.5, 0.6) is 5.75 Å².